The van der Waals surface area contributed by atoms with Crippen LogP contribution in [0.3, 0.4) is 0 Å². The van der Waals surface area contributed by atoms with Crippen LogP contribution in [-0.4, -0.2) is 33.2 Å². The Morgan fingerprint density at radius 1 is 1.26 bits per heavy atom. The number of halogens is 1. The average Bonchev–Trinajstić information content (AvgIpc) is 2.39. The molecule has 0 saturated heterocycles. The lowest BCUT2D eigenvalue weighted by atomic mass is 10.2. The largest absolute Gasteiger partial charge is 0.493 e. The Hall–Kier alpha value is -1.46. The first-order valence-electron chi connectivity index (χ1n) is 5.94. The number of methoxy groups -OCH3 is 2. The van der Waals surface area contributed by atoms with Crippen molar-refractivity contribution in [2.45, 2.75) is 13.5 Å². The minimum atomic E-state index is -0.0362. The highest BCUT2D eigenvalue weighted by molar-refractivity contribution is 6.33. The van der Waals surface area contributed by atoms with Crippen LogP contribution in [0.25, 0.3) is 0 Å². The number of hydrogen-bond acceptors (Lipinski definition) is 4. The molecule has 19 heavy (non-hydrogen) atoms. The van der Waals surface area contributed by atoms with Gasteiger partial charge in [-0.25, -0.2) is 0 Å². The summed E-state index contributed by atoms with van der Waals surface area (Å²) in [6.45, 7) is 3.34. The van der Waals surface area contributed by atoms with Crippen LogP contribution in [-0.2, 0) is 11.3 Å². The van der Waals surface area contributed by atoms with Crippen LogP contribution in [0.5, 0.6) is 11.5 Å². The van der Waals surface area contributed by atoms with Crippen molar-refractivity contribution >= 4 is 17.5 Å². The minimum absolute atomic E-state index is 0.0362. The Morgan fingerprint density at radius 2 is 2.00 bits per heavy atom. The van der Waals surface area contributed by atoms with E-state index in [9.17, 15) is 4.79 Å². The molecule has 0 spiro atoms. The minimum Gasteiger partial charge on any atom is -0.493 e. The van der Waals surface area contributed by atoms with Gasteiger partial charge in [0.05, 0.1) is 19.2 Å². The zero-order valence-electron chi connectivity index (χ0n) is 11.4. The first kappa shape index (κ1) is 15.6. The summed E-state index contributed by atoms with van der Waals surface area (Å²) in [6, 6.07) is 3.70. The summed E-state index contributed by atoms with van der Waals surface area (Å²) in [5, 5.41) is 6.44. The van der Waals surface area contributed by atoms with E-state index in [2.05, 4.69) is 10.6 Å². The van der Waals surface area contributed by atoms with Gasteiger partial charge in [0, 0.05) is 26.6 Å². The third-order valence-electron chi connectivity index (χ3n) is 2.56. The van der Waals surface area contributed by atoms with Gasteiger partial charge in [-0.2, -0.15) is 0 Å². The summed E-state index contributed by atoms with van der Waals surface area (Å²) in [4.78, 5) is 10.7. The maximum Gasteiger partial charge on any atom is 0.216 e. The van der Waals surface area contributed by atoms with E-state index >= 15 is 0 Å². The van der Waals surface area contributed by atoms with Gasteiger partial charge in [-0.15, -0.1) is 0 Å². The normalized spacial score (nSPS) is 10.1. The third-order valence-corrected chi connectivity index (χ3v) is 2.97. The van der Waals surface area contributed by atoms with Crippen LogP contribution >= 0.6 is 11.6 Å². The fourth-order valence-corrected chi connectivity index (χ4v) is 1.92. The number of benzene rings is 1. The van der Waals surface area contributed by atoms with Crippen molar-refractivity contribution in [3.63, 3.8) is 0 Å². The van der Waals surface area contributed by atoms with E-state index in [0.29, 0.717) is 36.2 Å². The van der Waals surface area contributed by atoms with Gasteiger partial charge < -0.3 is 20.1 Å². The van der Waals surface area contributed by atoms with Gasteiger partial charge in [-0.3, -0.25) is 4.79 Å². The topological polar surface area (TPSA) is 59.6 Å². The van der Waals surface area contributed by atoms with Crippen molar-refractivity contribution in [2.24, 2.45) is 0 Å². The van der Waals surface area contributed by atoms with Crippen molar-refractivity contribution in [1.82, 2.24) is 10.6 Å². The van der Waals surface area contributed by atoms with Gasteiger partial charge in [-0.05, 0) is 11.6 Å². The number of carbonyl (C=O) groups excluding carboxylic acids is 1. The van der Waals surface area contributed by atoms with Crippen molar-refractivity contribution in [1.29, 1.82) is 0 Å². The Bertz CT molecular complexity index is 438. The molecule has 1 aromatic rings. The van der Waals surface area contributed by atoms with Crippen LogP contribution in [0.1, 0.15) is 12.5 Å². The molecule has 0 aromatic heterocycles. The molecule has 1 amide bonds. The fraction of sp³-hybridized carbons (Fsp3) is 0.462. The summed E-state index contributed by atoms with van der Waals surface area (Å²) in [5.41, 5.74) is 0.919. The Labute approximate surface area is 118 Å². The number of nitrogens with one attached hydrogen (secondary N) is 2. The molecule has 6 heteroatoms. The van der Waals surface area contributed by atoms with E-state index in [4.69, 9.17) is 21.1 Å². The molecule has 0 atom stereocenters. The quantitative estimate of drug-likeness (QED) is 0.747. The molecule has 0 aliphatic heterocycles. The van der Waals surface area contributed by atoms with E-state index in [1.165, 1.54) is 6.92 Å². The van der Waals surface area contributed by atoms with E-state index < -0.39 is 0 Å². The van der Waals surface area contributed by atoms with Crippen molar-refractivity contribution in [2.75, 3.05) is 27.3 Å². The monoisotopic (exact) mass is 286 g/mol. The molecule has 106 valence electrons. The Kier molecular flexibility index (Phi) is 6.45. The Balaban J connectivity index is 2.57. The molecule has 0 aliphatic rings. The maximum atomic E-state index is 10.7. The van der Waals surface area contributed by atoms with E-state index in [1.54, 1.807) is 14.2 Å². The molecule has 1 aromatic carbocycles. The number of ether oxygens (including phenoxy) is 2. The SMILES string of the molecule is COc1ccc(CNCCNC(C)=O)c(Cl)c1OC. The van der Waals surface area contributed by atoms with Gasteiger partial charge in [0.15, 0.2) is 11.5 Å². The molecule has 0 aliphatic carbocycles. The number of amides is 1. The van der Waals surface area contributed by atoms with Crippen LogP contribution in [0.4, 0.5) is 0 Å². The van der Waals surface area contributed by atoms with Crippen molar-refractivity contribution in [3.05, 3.63) is 22.7 Å². The lowest BCUT2D eigenvalue weighted by Gasteiger charge is -2.13. The van der Waals surface area contributed by atoms with Gasteiger partial charge in [-0.1, -0.05) is 17.7 Å². The summed E-state index contributed by atoms with van der Waals surface area (Å²) in [6.07, 6.45) is 0. The lowest BCUT2D eigenvalue weighted by molar-refractivity contribution is -0.118. The van der Waals surface area contributed by atoms with Crippen LogP contribution in [0.15, 0.2) is 12.1 Å². The number of hydrogen-bond donors (Lipinski definition) is 2. The zero-order chi connectivity index (χ0) is 14.3. The molecule has 5 nitrogen and oxygen atoms in total. The predicted molar refractivity (Wildman–Crippen MR) is 74.9 cm³/mol. The summed E-state index contributed by atoms with van der Waals surface area (Å²) in [5.74, 6) is 1.10. The average molecular weight is 287 g/mol. The standard InChI is InChI=1S/C13H19ClN2O3/c1-9(17)16-7-6-15-8-10-4-5-11(18-2)13(19-3)12(10)14/h4-5,15H,6-8H2,1-3H3,(H,16,17). The van der Waals surface area contributed by atoms with E-state index in [-0.39, 0.29) is 5.91 Å². The van der Waals surface area contributed by atoms with Gasteiger partial charge in [0.1, 0.15) is 0 Å². The first-order valence-corrected chi connectivity index (χ1v) is 6.32. The van der Waals surface area contributed by atoms with Crippen molar-refractivity contribution in [3.8, 4) is 11.5 Å². The lowest BCUT2D eigenvalue weighted by Crippen LogP contribution is -2.29. The van der Waals surface area contributed by atoms with Gasteiger partial charge >= 0.3 is 0 Å². The highest BCUT2D eigenvalue weighted by Crippen LogP contribution is 2.37. The fourth-order valence-electron chi connectivity index (χ4n) is 1.62. The molecular weight excluding hydrogens is 268 g/mol. The predicted octanol–water partition coefficient (Wildman–Crippen LogP) is 1.58. The van der Waals surface area contributed by atoms with Crippen LogP contribution in [0, 0.1) is 0 Å². The highest BCUT2D eigenvalue weighted by Gasteiger charge is 2.12. The maximum absolute atomic E-state index is 10.7. The summed E-state index contributed by atoms with van der Waals surface area (Å²) < 4.78 is 10.4. The molecular formula is C13H19ClN2O3. The molecule has 0 bridgehead atoms. The first-order chi connectivity index (χ1) is 9.10. The molecule has 2 N–H and O–H groups in total. The second kappa shape index (κ2) is 7.86. The summed E-state index contributed by atoms with van der Waals surface area (Å²) in [7, 11) is 3.12. The van der Waals surface area contributed by atoms with Gasteiger partial charge in [0.2, 0.25) is 5.91 Å². The smallest absolute Gasteiger partial charge is 0.216 e. The van der Waals surface area contributed by atoms with Crippen molar-refractivity contribution < 1.29 is 14.3 Å². The van der Waals surface area contributed by atoms with E-state index in [1.807, 2.05) is 12.1 Å². The molecule has 0 unspecified atom stereocenters. The Morgan fingerprint density at radius 3 is 2.58 bits per heavy atom. The highest BCUT2D eigenvalue weighted by atomic mass is 35.5. The molecule has 0 radical (unpaired) electrons. The molecule has 0 fully saturated rings. The van der Waals surface area contributed by atoms with E-state index in [0.717, 1.165) is 5.56 Å². The second-order valence-electron chi connectivity index (χ2n) is 3.93. The number of carbonyl (C=O) groups is 1. The second-order valence-corrected chi connectivity index (χ2v) is 4.31. The molecule has 0 heterocycles. The summed E-state index contributed by atoms with van der Waals surface area (Å²) >= 11 is 6.24. The molecule has 0 saturated carbocycles. The number of rotatable bonds is 7. The van der Waals surface area contributed by atoms with Gasteiger partial charge in [0.25, 0.3) is 0 Å². The molecule has 1 rings (SSSR count). The zero-order valence-corrected chi connectivity index (χ0v) is 12.1. The van der Waals surface area contributed by atoms with Crippen LogP contribution in [0.2, 0.25) is 5.02 Å². The van der Waals surface area contributed by atoms with Crippen LogP contribution < -0.4 is 20.1 Å². The third kappa shape index (κ3) is 4.61.